The zero-order valence-electron chi connectivity index (χ0n) is 15.1. The number of aromatic nitrogens is 4. The predicted molar refractivity (Wildman–Crippen MR) is 106 cm³/mol. The molecule has 0 spiro atoms. The number of ether oxygens (including phenoxy) is 2. The van der Waals surface area contributed by atoms with E-state index in [0.29, 0.717) is 25.0 Å². The minimum Gasteiger partial charge on any atom is -0.474 e. The second-order valence-electron chi connectivity index (χ2n) is 5.85. The molecule has 0 saturated heterocycles. The number of hydrogen-bond donors (Lipinski definition) is 0. The van der Waals surface area contributed by atoms with Gasteiger partial charge in [0.1, 0.15) is 13.2 Å². The van der Waals surface area contributed by atoms with Crippen LogP contribution in [0.25, 0.3) is 22.8 Å². The van der Waals surface area contributed by atoms with E-state index in [2.05, 4.69) is 19.9 Å². The van der Waals surface area contributed by atoms with Gasteiger partial charge in [0.2, 0.25) is 11.8 Å². The van der Waals surface area contributed by atoms with Gasteiger partial charge in [-0.05, 0) is 36.4 Å². The van der Waals surface area contributed by atoms with Gasteiger partial charge in [0.05, 0.1) is 22.8 Å². The van der Waals surface area contributed by atoms with Gasteiger partial charge in [-0.2, -0.15) is 0 Å². The third-order valence-corrected chi connectivity index (χ3v) is 3.88. The molecular formula is C22H18N4O2. The van der Waals surface area contributed by atoms with Gasteiger partial charge in [-0.1, -0.05) is 24.3 Å². The Balaban J connectivity index is 1.33. The first kappa shape index (κ1) is 17.6. The summed E-state index contributed by atoms with van der Waals surface area (Å²) in [6, 6.07) is 22.6. The number of nitrogens with zero attached hydrogens (tertiary/aromatic N) is 4. The van der Waals surface area contributed by atoms with Crippen molar-refractivity contribution in [3.8, 4) is 34.5 Å². The van der Waals surface area contributed by atoms with Gasteiger partial charge in [0, 0.05) is 24.5 Å². The molecule has 0 saturated carbocycles. The highest BCUT2D eigenvalue weighted by Crippen LogP contribution is 2.18. The molecule has 4 aromatic heterocycles. The van der Waals surface area contributed by atoms with Gasteiger partial charge in [-0.3, -0.25) is 9.97 Å². The van der Waals surface area contributed by atoms with Gasteiger partial charge < -0.3 is 9.47 Å². The Morgan fingerprint density at radius 3 is 1.39 bits per heavy atom. The zero-order valence-corrected chi connectivity index (χ0v) is 15.1. The van der Waals surface area contributed by atoms with Crippen molar-refractivity contribution in [2.24, 2.45) is 0 Å². The molecule has 0 fully saturated rings. The SMILES string of the molecule is c1ccc(-c2cccc(OCCOc3cccc(-c4ccccn4)n3)n2)nc1. The fourth-order valence-electron chi connectivity index (χ4n) is 2.60. The zero-order chi connectivity index (χ0) is 19.0. The molecule has 4 heterocycles. The third-order valence-electron chi connectivity index (χ3n) is 3.88. The Morgan fingerprint density at radius 2 is 0.964 bits per heavy atom. The van der Waals surface area contributed by atoms with Gasteiger partial charge in [-0.15, -0.1) is 0 Å². The van der Waals surface area contributed by atoms with E-state index in [1.165, 1.54) is 0 Å². The second-order valence-corrected chi connectivity index (χ2v) is 5.85. The maximum absolute atomic E-state index is 5.70. The van der Waals surface area contributed by atoms with E-state index >= 15 is 0 Å². The summed E-state index contributed by atoms with van der Waals surface area (Å²) in [4.78, 5) is 17.6. The molecule has 0 aliphatic heterocycles. The average molecular weight is 370 g/mol. The second kappa shape index (κ2) is 8.73. The summed E-state index contributed by atoms with van der Waals surface area (Å²) in [6.45, 7) is 0.711. The molecule has 0 aliphatic carbocycles. The van der Waals surface area contributed by atoms with E-state index in [1.54, 1.807) is 12.4 Å². The number of pyridine rings is 4. The topological polar surface area (TPSA) is 70.0 Å². The van der Waals surface area contributed by atoms with Gasteiger partial charge in [0.15, 0.2) is 0 Å². The molecule has 4 rings (SSSR count). The Labute approximate surface area is 162 Å². The summed E-state index contributed by atoms with van der Waals surface area (Å²) < 4.78 is 11.4. The van der Waals surface area contributed by atoms with Crippen LogP contribution in [-0.4, -0.2) is 33.1 Å². The highest BCUT2D eigenvalue weighted by atomic mass is 16.5. The van der Waals surface area contributed by atoms with Gasteiger partial charge >= 0.3 is 0 Å². The Hall–Kier alpha value is -3.80. The lowest BCUT2D eigenvalue weighted by Crippen LogP contribution is -2.10. The lowest BCUT2D eigenvalue weighted by atomic mass is 10.2. The van der Waals surface area contributed by atoms with E-state index in [-0.39, 0.29) is 0 Å². The van der Waals surface area contributed by atoms with Crippen molar-refractivity contribution in [1.29, 1.82) is 0 Å². The van der Waals surface area contributed by atoms with Gasteiger partial charge in [0.25, 0.3) is 0 Å². The van der Waals surface area contributed by atoms with Gasteiger partial charge in [-0.25, -0.2) is 9.97 Å². The molecule has 0 bridgehead atoms. The molecule has 0 unspecified atom stereocenters. The maximum atomic E-state index is 5.70. The smallest absolute Gasteiger partial charge is 0.213 e. The van der Waals surface area contributed by atoms with E-state index < -0.39 is 0 Å². The standard InChI is InChI=1S/C22H18N4O2/c1-3-13-23-17(7-1)19-9-5-11-21(25-19)27-15-16-28-22-12-6-10-20(26-22)18-8-2-4-14-24-18/h1-14H,15-16H2. The highest BCUT2D eigenvalue weighted by Gasteiger charge is 2.04. The van der Waals surface area contributed by atoms with Crippen molar-refractivity contribution in [3.05, 3.63) is 85.2 Å². The fourth-order valence-corrected chi connectivity index (χ4v) is 2.60. The number of hydrogen-bond acceptors (Lipinski definition) is 6. The fraction of sp³-hybridized carbons (Fsp3) is 0.0909. The van der Waals surface area contributed by atoms with Crippen molar-refractivity contribution in [2.75, 3.05) is 13.2 Å². The van der Waals surface area contributed by atoms with Crippen molar-refractivity contribution in [3.63, 3.8) is 0 Å². The van der Waals surface area contributed by atoms with E-state index in [1.807, 2.05) is 72.8 Å². The maximum Gasteiger partial charge on any atom is 0.213 e. The van der Waals surface area contributed by atoms with Crippen LogP contribution in [0.3, 0.4) is 0 Å². The number of rotatable bonds is 7. The van der Waals surface area contributed by atoms with E-state index in [0.717, 1.165) is 22.8 Å². The summed E-state index contributed by atoms with van der Waals surface area (Å²) in [5, 5.41) is 0. The normalized spacial score (nSPS) is 10.4. The molecule has 0 radical (unpaired) electrons. The molecule has 0 N–H and O–H groups in total. The van der Waals surface area contributed by atoms with E-state index in [4.69, 9.17) is 9.47 Å². The highest BCUT2D eigenvalue weighted by molar-refractivity contribution is 5.54. The summed E-state index contributed by atoms with van der Waals surface area (Å²) in [5.41, 5.74) is 3.15. The van der Waals surface area contributed by atoms with Crippen molar-refractivity contribution in [2.45, 2.75) is 0 Å². The van der Waals surface area contributed by atoms with Crippen LogP contribution in [0.5, 0.6) is 11.8 Å². The molecule has 6 heteroatoms. The van der Waals surface area contributed by atoms with Crippen molar-refractivity contribution in [1.82, 2.24) is 19.9 Å². The molecule has 6 nitrogen and oxygen atoms in total. The summed E-state index contributed by atoms with van der Waals surface area (Å²) in [5.74, 6) is 1.06. The minimum absolute atomic E-state index is 0.355. The molecule has 0 atom stereocenters. The Kier molecular flexibility index (Phi) is 5.49. The first-order valence-corrected chi connectivity index (χ1v) is 8.91. The predicted octanol–water partition coefficient (Wildman–Crippen LogP) is 4.06. The quantitative estimate of drug-likeness (QED) is 0.457. The van der Waals surface area contributed by atoms with Crippen LogP contribution in [0.2, 0.25) is 0 Å². The monoisotopic (exact) mass is 370 g/mol. The first-order chi connectivity index (χ1) is 13.9. The van der Waals surface area contributed by atoms with Crippen LogP contribution in [0.1, 0.15) is 0 Å². The van der Waals surface area contributed by atoms with Crippen LogP contribution in [0, 0.1) is 0 Å². The molecule has 138 valence electrons. The lowest BCUT2D eigenvalue weighted by molar-refractivity contribution is 0.207. The van der Waals surface area contributed by atoms with Crippen LogP contribution in [-0.2, 0) is 0 Å². The molecule has 0 aromatic carbocycles. The average Bonchev–Trinajstić information content (AvgIpc) is 2.78. The lowest BCUT2D eigenvalue weighted by Gasteiger charge is -2.09. The van der Waals surface area contributed by atoms with Crippen molar-refractivity contribution >= 4 is 0 Å². The summed E-state index contributed by atoms with van der Waals surface area (Å²) >= 11 is 0. The Bertz CT molecular complexity index is 942. The molecule has 28 heavy (non-hydrogen) atoms. The van der Waals surface area contributed by atoms with Crippen LogP contribution >= 0.6 is 0 Å². The van der Waals surface area contributed by atoms with Crippen LogP contribution in [0.4, 0.5) is 0 Å². The van der Waals surface area contributed by atoms with E-state index in [9.17, 15) is 0 Å². The largest absolute Gasteiger partial charge is 0.474 e. The summed E-state index contributed by atoms with van der Waals surface area (Å²) in [7, 11) is 0. The molecule has 0 amide bonds. The first-order valence-electron chi connectivity index (χ1n) is 8.91. The molecule has 0 aliphatic rings. The van der Waals surface area contributed by atoms with Crippen LogP contribution < -0.4 is 9.47 Å². The third kappa shape index (κ3) is 4.48. The van der Waals surface area contributed by atoms with Crippen molar-refractivity contribution < 1.29 is 9.47 Å². The molecular weight excluding hydrogens is 352 g/mol. The Morgan fingerprint density at radius 1 is 0.500 bits per heavy atom. The van der Waals surface area contributed by atoms with Crippen LogP contribution in [0.15, 0.2) is 85.2 Å². The minimum atomic E-state index is 0.355. The molecule has 4 aromatic rings. The summed E-state index contributed by atoms with van der Waals surface area (Å²) in [6.07, 6.45) is 3.48.